The molecule has 1 heteroatoms. The molecule has 1 saturated carbocycles. The second kappa shape index (κ2) is 2.91. The normalized spacial score (nSPS) is 26.7. The first-order chi connectivity index (χ1) is 4.69. The first-order valence-electron chi connectivity index (χ1n) is 4.37. The van der Waals surface area contributed by atoms with Gasteiger partial charge in [0.05, 0.1) is 6.10 Å². The van der Waals surface area contributed by atoms with Crippen LogP contribution in [0.1, 0.15) is 46.0 Å². The zero-order valence-corrected chi connectivity index (χ0v) is 7.06. The molecule has 0 aromatic rings. The van der Waals surface area contributed by atoms with E-state index in [4.69, 9.17) is 0 Å². The molecular weight excluding hydrogens is 124 g/mol. The highest BCUT2D eigenvalue weighted by Crippen LogP contribution is 2.41. The van der Waals surface area contributed by atoms with Gasteiger partial charge in [-0.05, 0) is 24.7 Å². The van der Waals surface area contributed by atoms with E-state index < -0.39 is 0 Å². The lowest BCUT2D eigenvalue weighted by atomic mass is 9.81. The van der Waals surface area contributed by atoms with Crippen LogP contribution in [0.3, 0.4) is 0 Å². The molecule has 0 radical (unpaired) electrons. The van der Waals surface area contributed by atoms with Crippen molar-refractivity contribution in [3.8, 4) is 0 Å². The van der Waals surface area contributed by atoms with Gasteiger partial charge in [-0.15, -0.1) is 0 Å². The van der Waals surface area contributed by atoms with Crippen LogP contribution in [0.5, 0.6) is 0 Å². The maximum Gasteiger partial charge on any atom is 0.0591 e. The van der Waals surface area contributed by atoms with Gasteiger partial charge in [0, 0.05) is 0 Å². The third-order valence-corrected chi connectivity index (χ3v) is 2.94. The van der Waals surface area contributed by atoms with Crippen LogP contribution in [0.15, 0.2) is 0 Å². The highest BCUT2D eigenvalue weighted by atomic mass is 16.3. The van der Waals surface area contributed by atoms with Crippen molar-refractivity contribution in [2.75, 3.05) is 0 Å². The second-order valence-electron chi connectivity index (χ2n) is 3.79. The first kappa shape index (κ1) is 8.06. The molecule has 0 spiro atoms. The van der Waals surface area contributed by atoms with E-state index in [0.717, 1.165) is 6.42 Å². The molecule has 1 aliphatic rings. The molecule has 0 saturated heterocycles. The van der Waals surface area contributed by atoms with E-state index in [1.165, 1.54) is 25.7 Å². The van der Waals surface area contributed by atoms with Crippen molar-refractivity contribution >= 4 is 0 Å². The maximum atomic E-state index is 9.62. The fraction of sp³-hybridized carbons (Fsp3) is 1.00. The predicted octanol–water partition coefficient (Wildman–Crippen LogP) is 2.34. The van der Waals surface area contributed by atoms with Crippen molar-refractivity contribution in [3.05, 3.63) is 0 Å². The average Bonchev–Trinajstić information content (AvgIpc) is 2.36. The van der Waals surface area contributed by atoms with E-state index in [1.54, 1.807) is 0 Å². The van der Waals surface area contributed by atoms with Crippen LogP contribution in [-0.2, 0) is 0 Å². The fourth-order valence-electron chi connectivity index (χ4n) is 2.01. The predicted molar refractivity (Wildman–Crippen MR) is 42.9 cm³/mol. The molecule has 1 fully saturated rings. The molecule has 0 bridgehead atoms. The van der Waals surface area contributed by atoms with Crippen molar-refractivity contribution in [3.63, 3.8) is 0 Å². The van der Waals surface area contributed by atoms with Gasteiger partial charge >= 0.3 is 0 Å². The molecule has 1 rings (SSSR count). The summed E-state index contributed by atoms with van der Waals surface area (Å²) in [6.07, 6.45) is 5.93. The van der Waals surface area contributed by atoms with Crippen LogP contribution >= 0.6 is 0 Å². The van der Waals surface area contributed by atoms with Crippen molar-refractivity contribution in [2.45, 2.75) is 52.1 Å². The standard InChI is InChI=1S/C9H18O/c1-3-8(10)9(2)6-4-5-7-9/h8,10H,3-7H2,1-2H3. The number of aliphatic hydroxyl groups is 1. The molecule has 0 aromatic heterocycles. The molecule has 0 amide bonds. The van der Waals surface area contributed by atoms with E-state index in [1.807, 2.05) is 0 Å². The summed E-state index contributed by atoms with van der Waals surface area (Å²) in [6, 6.07) is 0. The average molecular weight is 142 g/mol. The van der Waals surface area contributed by atoms with Crippen LogP contribution in [-0.4, -0.2) is 11.2 Å². The number of hydrogen-bond donors (Lipinski definition) is 1. The topological polar surface area (TPSA) is 20.2 Å². The molecule has 0 aromatic carbocycles. The third kappa shape index (κ3) is 1.34. The van der Waals surface area contributed by atoms with Crippen LogP contribution in [0, 0.1) is 5.41 Å². The number of rotatable bonds is 2. The summed E-state index contributed by atoms with van der Waals surface area (Å²) in [5, 5.41) is 9.62. The van der Waals surface area contributed by atoms with Gasteiger partial charge in [-0.2, -0.15) is 0 Å². The minimum Gasteiger partial charge on any atom is -0.393 e. The smallest absolute Gasteiger partial charge is 0.0591 e. The van der Waals surface area contributed by atoms with E-state index in [-0.39, 0.29) is 11.5 Å². The highest BCUT2D eigenvalue weighted by molar-refractivity contribution is 4.85. The summed E-state index contributed by atoms with van der Waals surface area (Å²) in [7, 11) is 0. The Kier molecular flexibility index (Phi) is 2.35. The molecule has 1 nitrogen and oxygen atoms in total. The summed E-state index contributed by atoms with van der Waals surface area (Å²) in [4.78, 5) is 0. The lowest BCUT2D eigenvalue weighted by Gasteiger charge is -2.28. The van der Waals surface area contributed by atoms with Gasteiger partial charge in [0.15, 0.2) is 0 Å². The number of hydrogen-bond acceptors (Lipinski definition) is 1. The molecular formula is C9H18O. The van der Waals surface area contributed by atoms with E-state index in [0.29, 0.717) is 0 Å². The van der Waals surface area contributed by atoms with Crippen LogP contribution in [0.25, 0.3) is 0 Å². The van der Waals surface area contributed by atoms with Gasteiger partial charge in [-0.3, -0.25) is 0 Å². The minimum absolute atomic E-state index is 0.0602. The molecule has 10 heavy (non-hydrogen) atoms. The summed E-state index contributed by atoms with van der Waals surface area (Å²) in [6.45, 7) is 4.28. The van der Waals surface area contributed by atoms with Crippen molar-refractivity contribution < 1.29 is 5.11 Å². The van der Waals surface area contributed by atoms with Crippen molar-refractivity contribution in [1.82, 2.24) is 0 Å². The molecule has 0 aliphatic heterocycles. The SMILES string of the molecule is CCC(O)C1(C)CCCC1. The van der Waals surface area contributed by atoms with Crippen LogP contribution in [0.4, 0.5) is 0 Å². The summed E-state index contributed by atoms with van der Waals surface area (Å²) >= 11 is 0. The Morgan fingerprint density at radius 3 is 2.30 bits per heavy atom. The largest absolute Gasteiger partial charge is 0.393 e. The zero-order chi connectivity index (χ0) is 7.61. The quantitative estimate of drug-likeness (QED) is 0.627. The summed E-state index contributed by atoms with van der Waals surface area (Å²) in [5.74, 6) is 0. The Labute approximate surface area is 63.4 Å². The van der Waals surface area contributed by atoms with Gasteiger partial charge in [-0.25, -0.2) is 0 Å². The fourth-order valence-corrected chi connectivity index (χ4v) is 2.01. The lowest BCUT2D eigenvalue weighted by Crippen LogP contribution is -2.28. The van der Waals surface area contributed by atoms with Gasteiger partial charge in [0.25, 0.3) is 0 Å². The Morgan fingerprint density at radius 2 is 1.90 bits per heavy atom. The van der Waals surface area contributed by atoms with Gasteiger partial charge in [0.2, 0.25) is 0 Å². The molecule has 0 heterocycles. The van der Waals surface area contributed by atoms with Crippen molar-refractivity contribution in [1.29, 1.82) is 0 Å². The third-order valence-electron chi connectivity index (χ3n) is 2.94. The lowest BCUT2D eigenvalue weighted by molar-refractivity contribution is 0.0391. The molecule has 60 valence electrons. The monoisotopic (exact) mass is 142 g/mol. The van der Waals surface area contributed by atoms with Crippen LogP contribution < -0.4 is 0 Å². The van der Waals surface area contributed by atoms with E-state index in [9.17, 15) is 5.11 Å². The summed E-state index contributed by atoms with van der Waals surface area (Å²) < 4.78 is 0. The van der Waals surface area contributed by atoms with Crippen molar-refractivity contribution in [2.24, 2.45) is 5.41 Å². The zero-order valence-electron chi connectivity index (χ0n) is 7.06. The van der Waals surface area contributed by atoms with Crippen LogP contribution in [0.2, 0.25) is 0 Å². The minimum atomic E-state index is -0.0602. The molecule has 1 aliphatic carbocycles. The van der Waals surface area contributed by atoms with Gasteiger partial charge < -0.3 is 5.11 Å². The molecule has 1 unspecified atom stereocenters. The number of aliphatic hydroxyl groups excluding tert-OH is 1. The Bertz CT molecular complexity index is 103. The van der Waals surface area contributed by atoms with E-state index >= 15 is 0 Å². The molecule has 1 N–H and O–H groups in total. The second-order valence-corrected chi connectivity index (χ2v) is 3.79. The molecule has 1 atom stereocenters. The Balaban J connectivity index is 2.49. The summed E-state index contributed by atoms with van der Waals surface area (Å²) in [5.41, 5.74) is 0.259. The Hall–Kier alpha value is -0.0400. The highest BCUT2D eigenvalue weighted by Gasteiger charge is 2.34. The van der Waals surface area contributed by atoms with E-state index in [2.05, 4.69) is 13.8 Å². The maximum absolute atomic E-state index is 9.62. The van der Waals surface area contributed by atoms with Gasteiger partial charge in [-0.1, -0.05) is 26.7 Å². The Morgan fingerprint density at radius 1 is 1.40 bits per heavy atom. The first-order valence-corrected chi connectivity index (χ1v) is 4.37. The van der Waals surface area contributed by atoms with Gasteiger partial charge in [0.1, 0.15) is 0 Å².